The van der Waals surface area contributed by atoms with E-state index in [2.05, 4.69) is 34.4 Å². The summed E-state index contributed by atoms with van der Waals surface area (Å²) in [6.07, 6.45) is 9.28. The highest BCUT2D eigenvalue weighted by Gasteiger charge is 2.28. The summed E-state index contributed by atoms with van der Waals surface area (Å²) in [7, 11) is 3.26. The Morgan fingerprint density at radius 2 is 2.19 bits per heavy atom. The zero-order valence-corrected chi connectivity index (χ0v) is 20.0. The molecule has 31 heavy (non-hydrogen) atoms. The van der Waals surface area contributed by atoms with Crippen LogP contribution in [0.25, 0.3) is 0 Å². The molecule has 1 unspecified atom stereocenters. The number of hydrogen-bond acceptors (Lipinski definition) is 5. The van der Waals surface area contributed by atoms with Gasteiger partial charge < -0.3 is 24.1 Å². The molecule has 0 radical (unpaired) electrons. The first-order chi connectivity index (χ1) is 14.9. The van der Waals surface area contributed by atoms with E-state index in [1.54, 1.807) is 27.2 Å². The smallest absolute Gasteiger partial charge is 0.333 e. The largest absolute Gasteiger partial charge is 0.501 e. The van der Waals surface area contributed by atoms with Crippen molar-refractivity contribution in [2.75, 3.05) is 27.4 Å². The Bertz CT molecular complexity index is 908. The standard InChI is InChI=1S/C24H27IO6/c1-4-30-22(23(26)27)16-18-10-11-21(20(25)15-18)31-14-7-5-6-12-24(29-3)13-8-9-19(17-24)28-2/h5,7-11,13,15,22H,4,14,16-17H2,1-3H3,(H,26,27)/t22-,24?/m0/s1. The molecule has 1 aromatic carbocycles. The van der Waals surface area contributed by atoms with Gasteiger partial charge in [0, 0.05) is 26.6 Å². The quantitative estimate of drug-likeness (QED) is 0.357. The maximum Gasteiger partial charge on any atom is 0.333 e. The predicted molar refractivity (Wildman–Crippen MR) is 127 cm³/mol. The van der Waals surface area contributed by atoms with Gasteiger partial charge in [-0.05, 0) is 71.5 Å². The number of benzene rings is 1. The first-order valence-corrected chi connectivity index (χ1v) is 10.9. The van der Waals surface area contributed by atoms with Gasteiger partial charge in [0.1, 0.15) is 12.4 Å². The van der Waals surface area contributed by atoms with Crippen LogP contribution >= 0.6 is 22.6 Å². The molecular formula is C24H27IO6. The number of carboxylic acids is 1. The molecule has 0 aliphatic heterocycles. The average molecular weight is 538 g/mol. The molecule has 6 nitrogen and oxygen atoms in total. The molecule has 2 atom stereocenters. The zero-order valence-electron chi connectivity index (χ0n) is 17.9. The van der Waals surface area contributed by atoms with E-state index in [1.165, 1.54) is 0 Å². The summed E-state index contributed by atoms with van der Waals surface area (Å²) in [6.45, 7) is 2.50. The van der Waals surface area contributed by atoms with Crippen LogP contribution < -0.4 is 4.74 Å². The molecule has 0 heterocycles. The van der Waals surface area contributed by atoms with Gasteiger partial charge in [0.25, 0.3) is 0 Å². The van der Waals surface area contributed by atoms with Crippen molar-refractivity contribution in [3.05, 3.63) is 63.5 Å². The third-order valence-electron chi connectivity index (χ3n) is 4.59. The monoisotopic (exact) mass is 538 g/mol. The van der Waals surface area contributed by atoms with E-state index in [1.807, 2.05) is 42.5 Å². The fourth-order valence-corrected chi connectivity index (χ4v) is 3.67. The Morgan fingerprint density at radius 3 is 2.84 bits per heavy atom. The maximum atomic E-state index is 11.3. The Balaban J connectivity index is 1.91. The van der Waals surface area contributed by atoms with E-state index < -0.39 is 17.7 Å². The molecule has 0 bridgehead atoms. The number of carbonyl (C=O) groups is 1. The van der Waals surface area contributed by atoms with E-state index in [0.717, 1.165) is 20.6 Å². The van der Waals surface area contributed by atoms with Gasteiger partial charge in [-0.15, -0.1) is 0 Å². The number of allylic oxidation sites excluding steroid dienone is 3. The Kier molecular flexibility index (Phi) is 10.1. The molecule has 0 spiro atoms. The minimum absolute atomic E-state index is 0.310. The lowest BCUT2D eigenvalue weighted by Crippen LogP contribution is -2.29. The number of aliphatic carboxylic acids is 1. The lowest BCUT2D eigenvalue weighted by Gasteiger charge is -2.26. The molecule has 1 aliphatic carbocycles. The third kappa shape index (κ3) is 7.73. The summed E-state index contributed by atoms with van der Waals surface area (Å²) < 4.78 is 22.8. The van der Waals surface area contributed by atoms with E-state index in [4.69, 9.17) is 18.9 Å². The average Bonchev–Trinajstić information content (AvgIpc) is 2.77. The van der Waals surface area contributed by atoms with E-state index in [9.17, 15) is 9.90 Å². The molecule has 0 saturated carbocycles. The number of methoxy groups -OCH3 is 2. The topological polar surface area (TPSA) is 74.2 Å². The highest BCUT2D eigenvalue weighted by atomic mass is 127. The fourth-order valence-electron chi connectivity index (χ4n) is 2.93. The number of carboxylic acid groups (broad SMARTS) is 1. The molecule has 2 rings (SSSR count). The Morgan fingerprint density at radius 1 is 1.39 bits per heavy atom. The van der Waals surface area contributed by atoms with E-state index >= 15 is 0 Å². The van der Waals surface area contributed by atoms with Gasteiger partial charge in [0.2, 0.25) is 0 Å². The Hall–Kier alpha value is -2.28. The SMILES string of the molecule is CCO[C@@H](Cc1ccc(OCC=CC#CC2(OC)C=CC=C(OC)C2)c(I)c1)C(=O)O. The molecule has 0 fully saturated rings. The van der Waals surface area contributed by atoms with Crippen molar-refractivity contribution in [1.82, 2.24) is 0 Å². The second-order valence-electron chi connectivity index (χ2n) is 6.70. The molecule has 7 heteroatoms. The van der Waals surface area contributed by atoms with Crippen LogP contribution in [0.5, 0.6) is 5.75 Å². The zero-order chi connectivity index (χ0) is 22.7. The molecule has 1 N–H and O–H groups in total. The number of halogens is 1. The first kappa shape index (κ1) is 25.0. The third-order valence-corrected chi connectivity index (χ3v) is 5.43. The van der Waals surface area contributed by atoms with Crippen molar-refractivity contribution in [2.24, 2.45) is 0 Å². The van der Waals surface area contributed by atoms with Crippen LogP contribution in [-0.4, -0.2) is 50.2 Å². The van der Waals surface area contributed by atoms with Crippen LogP contribution in [0, 0.1) is 15.4 Å². The van der Waals surface area contributed by atoms with Crippen LogP contribution in [0.3, 0.4) is 0 Å². The lowest BCUT2D eigenvalue weighted by atomic mass is 9.94. The van der Waals surface area contributed by atoms with Crippen molar-refractivity contribution >= 4 is 28.6 Å². The van der Waals surface area contributed by atoms with Crippen molar-refractivity contribution in [1.29, 1.82) is 0 Å². The molecule has 1 aromatic rings. The molecule has 0 aromatic heterocycles. The summed E-state index contributed by atoms with van der Waals surface area (Å²) in [4.78, 5) is 11.3. The van der Waals surface area contributed by atoms with Gasteiger partial charge in [-0.1, -0.05) is 24.0 Å². The first-order valence-electron chi connectivity index (χ1n) is 9.84. The summed E-state index contributed by atoms with van der Waals surface area (Å²) in [5.74, 6) is 6.71. The van der Waals surface area contributed by atoms with Gasteiger partial charge in [-0.25, -0.2) is 4.79 Å². The van der Waals surface area contributed by atoms with Crippen molar-refractivity contribution < 1.29 is 28.8 Å². The van der Waals surface area contributed by atoms with Gasteiger partial charge in [-0.3, -0.25) is 0 Å². The minimum atomic E-state index is -0.961. The van der Waals surface area contributed by atoms with Crippen LogP contribution in [-0.2, 0) is 25.4 Å². The van der Waals surface area contributed by atoms with Crippen molar-refractivity contribution in [3.63, 3.8) is 0 Å². The molecule has 0 amide bonds. The summed E-state index contributed by atoms with van der Waals surface area (Å²) in [5, 5.41) is 9.23. The second-order valence-corrected chi connectivity index (χ2v) is 7.86. The molecule has 166 valence electrons. The van der Waals surface area contributed by atoms with E-state index in [-0.39, 0.29) is 0 Å². The minimum Gasteiger partial charge on any atom is -0.501 e. The molecule has 0 saturated heterocycles. The maximum absolute atomic E-state index is 11.3. The highest BCUT2D eigenvalue weighted by Crippen LogP contribution is 2.26. The summed E-state index contributed by atoms with van der Waals surface area (Å²) >= 11 is 2.17. The van der Waals surface area contributed by atoms with Crippen LogP contribution in [0.2, 0.25) is 0 Å². The number of hydrogen-bond donors (Lipinski definition) is 1. The fraction of sp³-hybridized carbons (Fsp3) is 0.375. The van der Waals surface area contributed by atoms with Gasteiger partial charge in [0.15, 0.2) is 11.7 Å². The van der Waals surface area contributed by atoms with Gasteiger partial charge in [0.05, 0.1) is 16.4 Å². The van der Waals surface area contributed by atoms with Crippen molar-refractivity contribution in [3.8, 4) is 17.6 Å². The van der Waals surface area contributed by atoms with Crippen LogP contribution in [0.15, 0.2) is 54.3 Å². The normalized spacial score (nSPS) is 18.8. The molecular weight excluding hydrogens is 511 g/mol. The molecule has 1 aliphatic rings. The van der Waals surface area contributed by atoms with Gasteiger partial charge in [-0.2, -0.15) is 0 Å². The van der Waals surface area contributed by atoms with Gasteiger partial charge >= 0.3 is 5.97 Å². The van der Waals surface area contributed by atoms with Crippen LogP contribution in [0.4, 0.5) is 0 Å². The highest BCUT2D eigenvalue weighted by molar-refractivity contribution is 14.1. The van der Waals surface area contributed by atoms with Crippen LogP contribution in [0.1, 0.15) is 18.9 Å². The summed E-state index contributed by atoms with van der Waals surface area (Å²) in [5.41, 5.74) is 0.195. The predicted octanol–water partition coefficient (Wildman–Crippen LogP) is 4.14. The van der Waals surface area contributed by atoms with Crippen molar-refractivity contribution in [2.45, 2.75) is 31.5 Å². The Labute approximate surface area is 197 Å². The summed E-state index contributed by atoms with van der Waals surface area (Å²) in [6, 6.07) is 5.61. The second kappa shape index (κ2) is 12.5. The number of rotatable bonds is 10. The number of ether oxygens (including phenoxy) is 4. The lowest BCUT2D eigenvalue weighted by molar-refractivity contribution is -0.149. The van der Waals surface area contributed by atoms with E-state index in [0.29, 0.717) is 26.1 Å².